The summed E-state index contributed by atoms with van der Waals surface area (Å²) in [6, 6.07) is 4.00. The van der Waals surface area contributed by atoms with E-state index in [1.54, 1.807) is 6.07 Å². The number of nitrogens with zero attached hydrogens (tertiary/aromatic N) is 2. The van der Waals surface area contributed by atoms with E-state index in [2.05, 4.69) is 36.3 Å². The number of rotatable bonds is 4. The molecule has 0 aliphatic rings. The zero-order chi connectivity index (χ0) is 10.6. The van der Waals surface area contributed by atoms with Crippen molar-refractivity contribution in [2.24, 2.45) is 5.92 Å². The van der Waals surface area contributed by atoms with Crippen LogP contribution in [0.5, 0.6) is 0 Å². The van der Waals surface area contributed by atoms with Crippen LogP contribution < -0.4 is 10.9 Å². The zero-order valence-electron chi connectivity index (χ0n) is 8.99. The molecule has 0 aliphatic heterocycles. The molecule has 0 spiro atoms. The maximum Gasteiger partial charge on any atom is 0.148 e. The van der Waals surface area contributed by atoms with E-state index < -0.39 is 0 Å². The molecule has 1 atom stereocenters. The van der Waals surface area contributed by atoms with Crippen LogP contribution in [0.25, 0.3) is 0 Å². The Bertz CT molecular complexity index is 271. The van der Waals surface area contributed by atoms with E-state index in [1.165, 1.54) is 0 Å². The molecule has 0 fully saturated rings. The lowest BCUT2D eigenvalue weighted by Gasteiger charge is -2.15. The van der Waals surface area contributed by atoms with E-state index in [4.69, 9.17) is 7.85 Å². The molecule has 0 aromatic carbocycles. The Morgan fingerprint density at radius 2 is 2.00 bits per heavy atom. The highest BCUT2D eigenvalue weighted by Crippen LogP contribution is 2.08. The minimum Gasteiger partial charge on any atom is -0.366 e. The van der Waals surface area contributed by atoms with E-state index in [9.17, 15) is 0 Å². The summed E-state index contributed by atoms with van der Waals surface area (Å²) < 4.78 is 0. The summed E-state index contributed by atoms with van der Waals surface area (Å²) in [5, 5.41) is 11.0. The molecule has 2 radical (unpaired) electrons. The Morgan fingerprint density at radius 3 is 2.50 bits per heavy atom. The van der Waals surface area contributed by atoms with Crippen LogP contribution in [0.2, 0.25) is 0 Å². The third kappa shape index (κ3) is 3.77. The van der Waals surface area contributed by atoms with Gasteiger partial charge in [0.05, 0.1) is 0 Å². The fourth-order valence-corrected chi connectivity index (χ4v) is 1.44. The molecular formula is C10H16BN3. The van der Waals surface area contributed by atoms with Crippen LogP contribution in [0.1, 0.15) is 27.2 Å². The Hall–Kier alpha value is -1.06. The molecule has 1 unspecified atom stereocenters. The van der Waals surface area contributed by atoms with Crippen LogP contribution >= 0.6 is 0 Å². The molecule has 14 heavy (non-hydrogen) atoms. The first-order chi connectivity index (χ1) is 6.58. The van der Waals surface area contributed by atoms with Crippen molar-refractivity contribution in [2.75, 3.05) is 5.32 Å². The van der Waals surface area contributed by atoms with Gasteiger partial charge in [0.2, 0.25) is 0 Å². The first-order valence-corrected chi connectivity index (χ1v) is 4.93. The average Bonchev–Trinajstić information content (AvgIpc) is 2.07. The molecule has 1 rings (SSSR count). The third-order valence-electron chi connectivity index (χ3n) is 1.90. The van der Waals surface area contributed by atoms with Crippen molar-refractivity contribution in [3.8, 4) is 0 Å². The number of nitrogens with one attached hydrogen (secondary N) is 1. The Balaban J connectivity index is 2.47. The minimum absolute atomic E-state index is 0.410. The topological polar surface area (TPSA) is 37.8 Å². The molecule has 4 heteroatoms. The van der Waals surface area contributed by atoms with Gasteiger partial charge in [-0.2, -0.15) is 5.10 Å². The fourth-order valence-electron chi connectivity index (χ4n) is 1.44. The predicted octanol–water partition coefficient (Wildman–Crippen LogP) is 1.12. The number of aromatic nitrogens is 2. The SMILES string of the molecule is [B]c1ccc(NC(C)CC(C)C)nn1. The smallest absolute Gasteiger partial charge is 0.148 e. The van der Waals surface area contributed by atoms with Gasteiger partial charge in [-0.3, -0.25) is 0 Å². The van der Waals surface area contributed by atoms with Crippen LogP contribution in [-0.4, -0.2) is 24.1 Å². The molecule has 0 bridgehead atoms. The molecule has 0 saturated carbocycles. The van der Waals surface area contributed by atoms with E-state index in [1.807, 2.05) is 6.07 Å². The summed E-state index contributed by atoms with van der Waals surface area (Å²) in [6.45, 7) is 6.54. The van der Waals surface area contributed by atoms with E-state index in [-0.39, 0.29) is 0 Å². The van der Waals surface area contributed by atoms with Gasteiger partial charge in [0.25, 0.3) is 0 Å². The van der Waals surface area contributed by atoms with E-state index >= 15 is 0 Å². The van der Waals surface area contributed by atoms with Crippen molar-refractivity contribution in [1.29, 1.82) is 0 Å². The summed E-state index contributed by atoms with van der Waals surface area (Å²) in [7, 11) is 5.44. The predicted molar refractivity (Wildman–Crippen MR) is 60.0 cm³/mol. The highest BCUT2D eigenvalue weighted by Gasteiger charge is 2.05. The van der Waals surface area contributed by atoms with Crippen LogP contribution in [0.15, 0.2) is 12.1 Å². The number of anilines is 1. The van der Waals surface area contributed by atoms with Gasteiger partial charge in [0, 0.05) is 11.6 Å². The maximum absolute atomic E-state index is 5.44. The zero-order valence-corrected chi connectivity index (χ0v) is 8.99. The second kappa shape index (κ2) is 4.98. The minimum atomic E-state index is 0.410. The second-order valence-corrected chi connectivity index (χ2v) is 4.02. The first kappa shape index (κ1) is 11.0. The van der Waals surface area contributed by atoms with Crippen molar-refractivity contribution < 1.29 is 0 Å². The van der Waals surface area contributed by atoms with Gasteiger partial charge in [-0.15, -0.1) is 5.10 Å². The van der Waals surface area contributed by atoms with Crippen molar-refractivity contribution in [3.63, 3.8) is 0 Å². The second-order valence-electron chi connectivity index (χ2n) is 4.02. The lowest BCUT2D eigenvalue weighted by atomic mass is 10.0. The van der Waals surface area contributed by atoms with Crippen molar-refractivity contribution >= 4 is 19.3 Å². The van der Waals surface area contributed by atoms with Crippen LogP contribution in [0, 0.1) is 5.92 Å². The molecule has 3 nitrogen and oxygen atoms in total. The largest absolute Gasteiger partial charge is 0.366 e. The van der Waals surface area contributed by atoms with Gasteiger partial charge in [0.15, 0.2) is 0 Å². The van der Waals surface area contributed by atoms with Gasteiger partial charge >= 0.3 is 0 Å². The lowest BCUT2D eigenvalue weighted by Crippen LogP contribution is -2.20. The van der Waals surface area contributed by atoms with Crippen LogP contribution in [0.4, 0.5) is 5.82 Å². The van der Waals surface area contributed by atoms with E-state index in [0.717, 1.165) is 12.2 Å². The van der Waals surface area contributed by atoms with Gasteiger partial charge in [-0.05, 0) is 31.4 Å². The molecule has 0 aliphatic carbocycles. The quantitative estimate of drug-likeness (QED) is 0.721. The monoisotopic (exact) mass is 189 g/mol. The summed E-state index contributed by atoms with van der Waals surface area (Å²) in [4.78, 5) is 0. The summed E-state index contributed by atoms with van der Waals surface area (Å²) in [5.74, 6) is 1.46. The van der Waals surface area contributed by atoms with E-state index in [0.29, 0.717) is 17.6 Å². The molecular weight excluding hydrogens is 173 g/mol. The summed E-state index contributed by atoms with van der Waals surface area (Å²) >= 11 is 0. The fraction of sp³-hybridized carbons (Fsp3) is 0.600. The highest BCUT2D eigenvalue weighted by molar-refractivity contribution is 6.30. The molecule has 1 heterocycles. The molecule has 0 amide bonds. The Labute approximate surface area is 86.7 Å². The van der Waals surface area contributed by atoms with Gasteiger partial charge in [-0.1, -0.05) is 13.8 Å². The van der Waals surface area contributed by atoms with Crippen molar-refractivity contribution in [1.82, 2.24) is 10.2 Å². The van der Waals surface area contributed by atoms with Crippen molar-refractivity contribution in [2.45, 2.75) is 33.2 Å². The van der Waals surface area contributed by atoms with Crippen molar-refractivity contribution in [3.05, 3.63) is 12.1 Å². The normalized spacial score (nSPS) is 12.9. The molecule has 0 saturated heterocycles. The standard InChI is InChI=1S/C10H16BN3/c1-7(2)6-8(3)12-10-5-4-9(11)13-14-10/h4-5,7-8H,6H2,1-3H3,(H,12,14). The van der Waals surface area contributed by atoms with Crippen LogP contribution in [0.3, 0.4) is 0 Å². The maximum atomic E-state index is 5.44. The molecule has 1 N–H and O–H groups in total. The molecule has 1 aromatic heterocycles. The molecule has 1 aromatic rings. The first-order valence-electron chi connectivity index (χ1n) is 4.93. The number of hydrogen-bond donors (Lipinski definition) is 1. The van der Waals surface area contributed by atoms with Gasteiger partial charge in [0.1, 0.15) is 13.7 Å². The number of hydrogen-bond acceptors (Lipinski definition) is 3. The lowest BCUT2D eigenvalue weighted by molar-refractivity contribution is 0.538. The van der Waals surface area contributed by atoms with Gasteiger partial charge < -0.3 is 5.32 Å². The Morgan fingerprint density at radius 1 is 1.29 bits per heavy atom. The average molecular weight is 189 g/mol. The highest BCUT2D eigenvalue weighted by atomic mass is 15.2. The summed E-state index contributed by atoms with van der Waals surface area (Å²) in [6.07, 6.45) is 1.12. The molecule has 74 valence electrons. The summed E-state index contributed by atoms with van der Waals surface area (Å²) in [5.41, 5.74) is 0.451. The van der Waals surface area contributed by atoms with Gasteiger partial charge in [-0.25, -0.2) is 0 Å². The van der Waals surface area contributed by atoms with Crippen LogP contribution in [-0.2, 0) is 0 Å². The third-order valence-corrected chi connectivity index (χ3v) is 1.90. The Kier molecular flexibility index (Phi) is 3.92.